The highest BCUT2D eigenvalue weighted by Gasteiger charge is 2.13. The van der Waals surface area contributed by atoms with Crippen molar-refractivity contribution < 1.29 is 0 Å². The predicted octanol–water partition coefficient (Wildman–Crippen LogP) is 2.27. The third-order valence-electron chi connectivity index (χ3n) is 4.23. The van der Waals surface area contributed by atoms with E-state index >= 15 is 0 Å². The number of rotatable bonds is 4. The van der Waals surface area contributed by atoms with E-state index in [0.717, 1.165) is 24.2 Å². The van der Waals surface area contributed by atoms with Gasteiger partial charge in [0, 0.05) is 37.6 Å². The summed E-state index contributed by atoms with van der Waals surface area (Å²) in [5.41, 5.74) is 11.1. The molecule has 22 heavy (non-hydrogen) atoms. The molecular weight excluding hydrogens is 274 g/mol. The summed E-state index contributed by atoms with van der Waals surface area (Å²) in [6, 6.07) is 8.41. The fraction of sp³-hybridized carbons (Fsp3) is 0.412. The zero-order valence-electron chi connectivity index (χ0n) is 13.0. The summed E-state index contributed by atoms with van der Waals surface area (Å²) < 4.78 is 1.87. The third-order valence-corrected chi connectivity index (χ3v) is 4.23. The number of benzene rings is 1. The van der Waals surface area contributed by atoms with Gasteiger partial charge in [0.25, 0.3) is 0 Å². The molecule has 0 fully saturated rings. The van der Waals surface area contributed by atoms with Crippen molar-refractivity contribution >= 4 is 11.6 Å². The van der Waals surface area contributed by atoms with Crippen molar-refractivity contribution in [2.24, 2.45) is 17.8 Å². The van der Waals surface area contributed by atoms with Crippen LogP contribution in [-0.2, 0) is 26.3 Å². The highest BCUT2D eigenvalue weighted by molar-refractivity contribution is 5.93. The van der Waals surface area contributed by atoms with Crippen LogP contribution in [0, 0.1) is 0 Å². The molecule has 1 aromatic carbocycles. The lowest BCUT2D eigenvalue weighted by Gasteiger charge is -2.19. The molecule has 5 heteroatoms. The molecule has 1 aliphatic rings. The second kappa shape index (κ2) is 6.64. The van der Waals surface area contributed by atoms with E-state index in [9.17, 15) is 0 Å². The number of guanidine groups is 1. The van der Waals surface area contributed by atoms with Gasteiger partial charge < -0.3 is 11.1 Å². The Bertz CT molecular complexity index is 671. The van der Waals surface area contributed by atoms with Gasteiger partial charge >= 0.3 is 0 Å². The summed E-state index contributed by atoms with van der Waals surface area (Å²) in [6.07, 6.45) is 7.47. The molecule has 5 nitrogen and oxygen atoms in total. The van der Waals surface area contributed by atoms with E-state index in [1.165, 1.54) is 30.4 Å². The highest BCUT2D eigenvalue weighted by atomic mass is 15.3. The topological polar surface area (TPSA) is 68.2 Å². The lowest BCUT2D eigenvalue weighted by Crippen LogP contribution is -2.24. The molecule has 0 radical (unpaired) electrons. The minimum Gasteiger partial charge on any atom is -0.370 e. The van der Waals surface area contributed by atoms with Gasteiger partial charge in [-0.1, -0.05) is 12.1 Å². The maximum absolute atomic E-state index is 6.03. The van der Waals surface area contributed by atoms with Gasteiger partial charge in [-0.15, -0.1) is 0 Å². The first-order valence-corrected chi connectivity index (χ1v) is 7.88. The first-order chi connectivity index (χ1) is 10.7. The molecular formula is C17H23N5. The highest BCUT2D eigenvalue weighted by Crippen LogP contribution is 2.27. The molecule has 3 rings (SSSR count). The largest absolute Gasteiger partial charge is 0.370 e. The zero-order chi connectivity index (χ0) is 15.4. The van der Waals surface area contributed by atoms with E-state index in [0.29, 0.717) is 12.5 Å². The van der Waals surface area contributed by atoms with Crippen molar-refractivity contribution in [1.29, 1.82) is 0 Å². The number of aliphatic imine (C=N–C) groups is 1. The summed E-state index contributed by atoms with van der Waals surface area (Å²) in [5, 5.41) is 7.42. The quantitative estimate of drug-likeness (QED) is 0.672. The molecule has 1 aromatic heterocycles. The summed E-state index contributed by atoms with van der Waals surface area (Å²) >= 11 is 0. The van der Waals surface area contributed by atoms with Crippen molar-refractivity contribution in [3.63, 3.8) is 0 Å². The molecule has 0 saturated heterocycles. The maximum atomic E-state index is 6.03. The number of aromatic nitrogens is 2. The van der Waals surface area contributed by atoms with Crippen molar-refractivity contribution in [3.8, 4) is 0 Å². The van der Waals surface area contributed by atoms with Gasteiger partial charge in [-0.2, -0.15) is 5.10 Å². The lowest BCUT2D eigenvalue weighted by molar-refractivity contribution is 0.687. The number of hydrogen-bond donors (Lipinski definition) is 2. The van der Waals surface area contributed by atoms with E-state index in [4.69, 9.17) is 5.73 Å². The number of nitrogens with zero attached hydrogens (tertiary/aromatic N) is 3. The van der Waals surface area contributed by atoms with Crippen molar-refractivity contribution in [2.75, 3.05) is 11.9 Å². The van der Waals surface area contributed by atoms with E-state index in [1.54, 1.807) is 6.20 Å². The molecule has 3 N–H and O–H groups in total. The van der Waals surface area contributed by atoms with Crippen molar-refractivity contribution in [3.05, 3.63) is 47.3 Å². The van der Waals surface area contributed by atoms with Crippen LogP contribution in [0.2, 0.25) is 0 Å². The normalized spacial score (nSPS) is 14.7. The molecule has 0 unspecified atom stereocenters. The van der Waals surface area contributed by atoms with Crippen LogP contribution in [0.1, 0.15) is 29.7 Å². The molecule has 0 aliphatic heterocycles. The molecule has 1 heterocycles. The second-order valence-corrected chi connectivity index (χ2v) is 5.74. The Morgan fingerprint density at radius 3 is 3.00 bits per heavy atom. The molecule has 0 spiro atoms. The van der Waals surface area contributed by atoms with Crippen molar-refractivity contribution in [1.82, 2.24) is 9.78 Å². The van der Waals surface area contributed by atoms with Crippen molar-refractivity contribution in [2.45, 2.75) is 32.1 Å². The molecule has 0 bridgehead atoms. The van der Waals surface area contributed by atoms with Crippen LogP contribution < -0.4 is 11.1 Å². The lowest BCUT2D eigenvalue weighted by atomic mass is 9.90. The summed E-state index contributed by atoms with van der Waals surface area (Å²) in [5.74, 6) is 0.487. The Balaban J connectivity index is 1.63. The number of nitrogens with two attached hydrogens (primary N) is 1. The fourth-order valence-corrected chi connectivity index (χ4v) is 3.01. The number of fused-ring (bicyclic) bond motifs is 1. The van der Waals surface area contributed by atoms with Gasteiger partial charge in [0.15, 0.2) is 5.96 Å². The molecule has 0 amide bonds. The SMILES string of the molecule is Cn1nccc1CCN=C(N)Nc1cccc2c1CCCC2. The van der Waals surface area contributed by atoms with Crippen LogP contribution in [0.3, 0.4) is 0 Å². The third kappa shape index (κ3) is 3.30. The van der Waals surface area contributed by atoms with Crippen LogP contribution in [0.5, 0.6) is 0 Å². The first kappa shape index (κ1) is 14.6. The molecule has 1 aliphatic carbocycles. The summed E-state index contributed by atoms with van der Waals surface area (Å²) in [4.78, 5) is 4.43. The Labute approximate surface area is 131 Å². The number of nitrogens with one attached hydrogen (secondary N) is 1. The van der Waals surface area contributed by atoms with Crippen LogP contribution >= 0.6 is 0 Å². The average molecular weight is 297 g/mol. The van der Waals surface area contributed by atoms with Crippen LogP contribution in [0.15, 0.2) is 35.5 Å². The van der Waals surface area contributed by atoms with Crippen LogP contribution in [-0.4, -0.2) is 22.3 Å². The monoisotopic (exact) mass is 297 g/mol. The van der Waals surface area contributed by atoms with E-state index in [2.05, 4.69) is 33.6 Å². The number of anilines is 1. The Morgan fingerprint density at radius 1 is 1.32 bits per heavy atom. The standard InChI is InChI=1S/C17H23N5/c1-22-14(10-12-20-22)9-11-19-17(18)21-16-8-4-6-13-5-2-3-7-15(13)16/h4,6,8,10,12H,2-3,5,7,9,11H2,1H3,(H3,18,19,21). The second-order valence-electron chi connectivity index (χ2n) is 5.74. The Hall–Kier alpha value is -2.30. The predicted molar refractivity (Wildman–Crippen MR) is 90.1 cm³/mol. The van der Waals surface area contributed by atoms with Gasteiger partial charge in [0.05, 0.1) is 0 Å². The molecule has 116 valence electrons. The summed E-state index contributed by atoms with van der Waals surface area (Å²) in [6.45, 7) is 0.660. The summed E-state index contributed by atoms with van der Waals surface area (Å²) in [7, 11) is 1.94. The average Bonchev–Trinajstić information content (AvgIpc) is 2.93. The Kier molecular flexibility index (Phi) is 4.42. The first-order valence-electron chi connectivity index (χ1n) is 7.88. The van der Waals surface area contributed by atoms with E-state index in [-0.39, 0.29) is 0 Å². The van der Waals surface area contributed by atoms with E-state index < -0.39 is 0 Å². The van der Waals surface area contributed by atoms with Gasteiger partial charge in [-0.05, 0) is 48.9 Å². The Morgan fingerprint density at radius 2 is 2.18 bits per heavy atom. The van der Waals surface area contributed by atoms with Crippen LogP contribution in [0.25, 0.3) is 0 Å². The molecule has 2 aromatic rings. The van der Waals surface area contributed by atoms with Gasteiger partial charge in [-0.3, -0.25) is 9.67 Å². The number of aryl methyl sites for hydroxylation is 2. The molecule has 0 atom stereocenters. The zero-order valence-corrected chi connectivity index (χ0v) is 13.0. The smallest absolute Gasteiger partial charge is 0.193 e. The van der Waals surface area contributed by atoms with Crippen LogP contribution in [0.4, 0.5) is 5.69 Å². The minimum atomic E-state index is 0.487. The maximum Gasteiger partial charge on any atom is 0.193 e. The van der Waals surface area contributed by atoms with E-state index in [1.807, 2.05) is 17.8 Å². The number of hydrogen-bond acceptors (Lipinski definition) is 2. The van der Waals surface area contributed by atoms with Gasteiger partial charge in [0.2, 0.25) is 0 Å². The minimum absolute atomic E-state index is 0.487. The van der Waals surface area contributed by atoms with Gasteiger partial charge in [-0.25, -0.2) is 0 Å². The fourth-order valence-electron chi connectivity index (χ4n) is 3.01. The molecule has 0 saturated carbocycles. The van der Waals surface area contributed by atoms with Gasteiger partial charge in [0.1, 0.15) is 0 Å².